The molecule has 1 heterocycles. The van der Waals surface area contributed by atoms with E-state index in [1.165, 1.54) is 0 Å². The van der Waals surface area contributed by atoms with Crippen LogP contribution in [0.4, 0.5) is 0 Å². The van der Waals surface area contributed by atoms with Crippen molar-refractivity contribution in [3.05, 3.63) is 0 Å². The highest BCUT2D eigenvalue weighted by atomic mass is 17.0. The van der Waals surface area contributed by atoms with E-state index in [-0.39, 0.29) is 12.7 Å². The normalized spacial score (nSPS) is 33.0. The van der Waals surface area contributed by atoms with E-state index in [1.54, 1.807) is 0 Å². The molecule has 0 aliphatic carbocycles. The zero-order valence-electron chi connectivity index (χ0n) is 5.76. The summed E-state index contributed by atoms with van der Waals surface area (Å²) < 4.78 is 10.4. The van der Waals surface area contributed by atoms with E-state index < -0.39 is 5.79 Å². The van der Waals surface area contributed by atoms with Crippen molar-refractivity contribution in [3.63, 3.8) is 0 Å². The Labute approximate surface area is 54.6 Å². The molecule has 1 aliphatic heterocycles. The van der Waals surface area contributed by atoms with Crippen molar-refractivity contribution in [3.8, 4) is 0 Å². The average molecular weight is 138 g/mol. The number of ether oxygens (including phenoxy) is 2. The summed E-state index contributed by atoms with van der Waals surface area (Å²) >= 11 is 0. The van der Waals surface area contributed by atoms with Gasteiger partial charge in [0.05, 0.1) is 13.2 Å². The van der Waals surface area contributed by atoms with Gasteiger partial charge in [0, 0.05) is 0 Å². The summed E-state index contributed by atoms with van der Waals surface area (Å²) in [6, 6.07) is 0. The van der Waals surface area contributed by atoms with Crippen LogP contribution in [0.2, 0.25) is 0 Å². The van der Waals surface area contributed by atoms with Crippen LogP contribution in [0.1, 0.15) is 13.8 Å². The molecule has 0 radical (unpaired) electrons. The van der Waals surface area contributed by atoms with Crippen LogP contribution in [0.25, 0.3) is 0 Å². The lowest BCUT2D eigenvalue weighted by Gasteiger charge is -2.15. The molecule has 0 amide bonds. The first-order valence-corrected chi connectivity index (χ1v) is 3.07. The summed E-state index contributed by atoms with van der Waals surface area (Å²) in [5, 5.41) is 8.59. The molecule has 9 heavy (non-hydrogen) atoms. The molecule has 3 heteroatoms. The minimum absolute atomic E-state index is 0.0451. The lowest BCUT2D eigenvalue weighted by Crippen LogP contribution is -2.22. The summed E-state index contributed by atoms with van der Waals surface area (Å²) in [6.45, 7) is 4.22. The van der Waals surface area contributed by atoms with Gasteiger partial charge in [0.2, 0.25) is 0 Å². The van der Waals surface area contributed by atoms with Crippen LogP contribution in [-0.2, 0) is 9.47 Å². The minimum atomic E-state index is -0.493. The molecule has 1 rings (SSSR count). The molecular weight excluding hydrogens is 126 g/mol. The van der Waals surface area contributed by atoms with Crippen LogP contribution in [0.3, 0.4) is 0 Å². The summed E-state index contributed by atoms with van der Waals surface area (Å²) in [5.41, 5.74) is 0. The molecule has 0 spiro atoms. The number of aliphatic hydroxyl groups is 1. The Bertz CT molecular complexity index is 100. The first-order chi connectivity index (χ1) is 4.14. The fourth-order valence-electron chi connectivity index (χ4n) is 0.853. The van der Waals surface area contributed by atoms with Crippen LogP contribution in [0.5, 0.6) is 0 Å². The van der Waals surface area contributed by atoms with Crippen LogP contribution in [-0.4, -0.2) is 30.2 Å². The average Bonchev–Trinajstić information content (AvgIpc) is 2.10. The highest BCUT2D eigenvalue weighted by Crippen LogP contribution is 2.21. The largest absolute Gasteiger partial charge is 0.394 e. The van der Waals surface area contributed by atoms with Crippen molar-refractivity contribution in [2.75, 3.05) is 13.2 Å². The molecule has 1 aliphatic rings. The molecule has 0 aromatic carbocycles. The van der Waals surface area contributed by atoms with E-state index in [4.69, 9.17) is 14.6 Å². The maximum Gasteiger partial charge on any atom is 0.163 e. The third-order valence-corrected chi connectivity index (χ3v) is 1.27. The van der Waals surface area contributed by atoms with Crippen molar-refractivity contribution in [1.82, 2.24) is 0 Å². The highest BCUT2D eigenvalue weighted by Gasteiger charge is 2.31. The molecule has 1 N–H and O–H groups in total. The summed E-state index contributed by atoms with van der Waals surface area (Å²) in [6.07, 6.45) is -0.125. The Hall–Kier alpha value is -0.120. The van der Waals surface area contributed by atoms with E-state index in [0.29, 0.717) is 6.61 Å². The van der Waals surface area contributed by atoms with Gasteiger partial charge in [0.15, 0.2) is 5.79 Å². The third-order valence-electron chi connectivity index (χ3n) is 1.27. The maximum atomic E-state index is 8.59. The lowest BCUT2D eigenvalue weighted by molar-refractivity contribution is -0.142. The topological polar surface area (TPSA) is 38.7 Å². The van der Waals surface area contributed by atoms with Gasteiger partial charge in [-0.3, -0.25) is 0 Å². The van der Waals surface area contributed by atoms with Crippen LogP contribution >= 0.6 is 0 Å². The van der Waals surface area contributed by atoms with Crippen molar-refractivity contribution in [2.24, 2.45) is 0 Å². The second-order valence-corrected chi connectivity index (χ2v) is 2.63. The molecular formula is C6H12O3. The van der Waals surface area contributed by atoms with Crippen molar-refractivity contribution in [1.29, 1.82) is 0 Å². The molecule has 0 saturated carbocycles. The van der Waals surface area contributed by atoms with Crippen molar-refractivity contribution >= 4 is 0 Å². The van der Waals surface area contributed by atoms with E-state index >= 15 is 0 Å². The van der Waals surface area contributed by atoms with E-state index in [9.17, 15) is 0 Å². The highest BCUT2D eigenvalue weighted by molar-refractivity contribution is 4.69. The second-order valence-electron chi connectivity index (χ2n) is 2.63. The van der Waals surface area contributed by atoms with Gasteiger partial charge < -0.3 is 14.6 Å². The number of aliphatic hydroxyl groups excluding tert-OH is 1. The third kappa shape index (κ3) is 1.64. The quantitative estimate of drug-likeness (QED) is 0.559. The van der Waals surface area contributed by atoms with Crippen LogP contribution in [0.15, 0.2) is 0 Å². The molecule has 1 unspecified atom stereocenters. The molecule has 0 bridgehead atoms. The van der Waals surface area contributed by atoms with E-state index in [0.717, 1.165) is 0 Å². The Kier molecular flexibility index (Phi) is 1.75. The number of hydrogen-bond acceptors (Lipinski definition) is 3. The van der Waals surface area contributed by atoms with E-state index in [2.05, 4.69) is 0 Å². The Morgan fingerprint density at radius 2 is 2.33 bits per heavy atom. The van der Waals surface area contributed by atoms with Gasteiger partial charge in [-0.1, -0.05) is 0 Å². The second kappa shape index (κ2) is 2.25. The maximum absolute atomic E-state index is 8.59. The molecule has 54 valence electrons. The van der Waals surface area contributed by atoms with Crippen LogP contribution < -0.4 is 0 Å². The molecule has 1 atom stereocenters. The van der Waals surface area contributed by atoms with Gasteiger partial charge in [-0.25, -0.2) is 0 Å². The summed E-state index contributed by atoms with van der Waals surface area (Å²) in [5.74, 6) is -0.493. The standard InChI is InChI=1S/C6H12O3/c1-6(2)8-4-5(3-7)9-6/h5,7H,3-4H2,1-2H3/i3+2,4+2,5+2. The predicted molar refractivity (Wildman–Crippen MR) is 32.0 cm³/mol. The molecule has 3 nitrogen and oxygen atoms in total. The Morgan fingerprint density at radius 3 is 2.56 bits per heavy atom. The monoisotopic (exact) mass is 138 g/mol. The van der Waals surface area contributed by atoms with Crippen molar-refractivity contribution < 1.29 is 14.6 Å². The zero-order valence-corrected chi connectivity index (χ0v) is 5.76. The van der Waals surface area contributed by atoms with Gasteiger partial charge >= 0.3 is 0 Å². The predicted octanol–water partition coefficient (Wildman–Crippen LogP) is 0.130. The van der Waals surface area contributed by atoms with Gasteiger partial charge in [-0.05, 0) is 13.8 Å². The van der Waals surface area contributed by atoms with Gasteiger partial charge in [0.1, 0.15) is 6.10 Å². The van der Waals surface area contributed by atoms with Gasteiger partial charge in [-0.2, -0.15) is 0 Å². The number of rotatable bonds is 1. The summed E-state index contributed by atoms with van der Waals surface area (Å²) in [4.78, 5) is 0. The Balaban J connectivity index is 2.38. The van der Waals surface area contributed by atoms with Gasteiger partial charge in [0.25, 0.3) is 0 Å². The number of hydrogen-bond donors (Lipinski definition) is 1. The van der Waals surface area contributed by atoms with Gasteiger partial charge in [-0.15, -0.1) is 0 Å². The molecule has 1 fully saturated rings. The van der Waals surface area contributed by atoms with E-state index in [1.807, 2.05) is 13.8 Å². The smallest absolute Gasteiger partial charge is 0.163 e. The SMILES string of the molecule is CC1(C)O[14CH2][14CH]([14CH2]O)O1. The van der Waals surface area contributed by atoms with Crippen molar-refractivity contribution in [2.45, 2.75) is 25.7 Å². The first-order valence-electron chi connectivity index (χ1n) is 3.07. The zero-order chi connectivity index (χ0) is 6.91. The molecule has 1 saturated heterocycles. The molecule has 0 aromatic heterocycles. The van der Waals surface area contributed by atoms with Crippen LogP contribution in [0, 0.1) is 0 Å². The lowest BCUT2D eigenvalue weighted by atomic mass is 10.4. The fraction of sp³-hybridized carbons (Fsp3) is 1.00. The first kappa shape index (κ1) is 6.99. The Morgan fingerprint density at radius 1 is 1.67 bits per heavy atom. The fourth-order valence-corrected chi connectivity index (χ4v) is 0.853. The molecule has 0 aromatic rings. The minimum Gasteiger partial charge on any atom is -0.394 e. The summed E-state index contributed by atoms with van der Waals surface area (Å²) in [7, 11) is 0.